The number of ether oxygens (including phenoxy) is 2. The zero-order valence-electron chi connectivity index (χ0n) is 11.6. The minimum atomic E-state index is -0.750. The first-order chi connectivity index (χ1) is 10.1. The highest BCUT2D eigenvalue weighted by atomic mass is 19.1. The molecule has 2 fully saturated rings. The van der Waals surface area contributed by atoms with E-state index < -0.39 is 17.9 Å². The van der Waals surface area contributed by atoms with Gasteiger partial charge in [0.25, 0.3) is 5.91 Å². The molecule has 0 aromatic heterocycles. The minimum absolute atomic E-state index is 0.0254. The quantitative estimate of drug-likeness (QED) is 0.841. The minimum Gasteiger partial charge on any atom is -0.348 e. The summed E-state index contributed by atoms with van der Waals surface area (Å²) in [6, 6.07) is 2.69. The summed E-state index contributed by atoms with van der Waals surface area (Å²) in [6.45, 7) is 1.57. The smallest absolute Gasteiger partial charge is 0.254 e. The highest BCUT2D eigenvalue weighted by molar-refractivity contribution is 5.94. The summed E-state index contributed by atoms with van der Waals surface area (Å²) in [5.74, 6) is -1.88. The van der Waals surface area contributed by atoms with Crippen molar-refractivity contribution >= 4 is 5.91 Å². The first-order valence-corrected chi connectivity index (χ1v) is 7.15. The first kappa shape index (κ1) is 14.4. The number of nitrogens with zero attached hydrogens (tertiary/aromatic N) is 1. The summed E-state index contributed by atoms with van der Waals surface area (Å²) in [6.07, 6.45) is 2.18. The number of carbonyl (C=O) groups excluding carboxylic acids is 1. The molecule has 0 aliphatic carbocycles. The second-order valence-corrected chi connectivity index (χ2v) is 5.33. The van der Waals surface area contributed by atoms with Crippen molar-refractivity contribution in [1.82, 2.24) is 4.90 Å². The Kier molecular flexibility index (Phi) is 4.17. The first-order valence-electron chi connectivity index (χ1n) is 7.15. The molecule has 0 radical (unpaired) electrons. The zero-order chi connectivity index (χ0) is 14.8. The Balaban J connectivity index is 1.83. The predicted molar refractivity (Wildman–Crippen MR) is 70.7 cm³/mol. The van der Waals surface area contributed by atoms with Crippen molar-refractivity contribution in [2.24, 2.45) is 0 Å². The van der Waals surface area contributed by atoms with Gasteiger partial charge in [-0.2, -0.15) is 0 Å². The second kappa shape index (κ2) is 6.07. The molecular weight excluding hydrogens is 280 g/mol. The molecule has 4 nitrogen and oxygen atoms in total. The van der Waals surface area contributed by atoms with Crippen LogP contribution in [-0.2, 0) is 9.47 Å². The molecule has 2 heterocycles. The van der Waals surface area contributed by atoms with E-state index >= 15 is 0 Å². The Labute approximate surface area is 121 Å². The van der Waals surface area contributed by atoms with Crippen molar-refractivity contribution in [3.63, 3.8) is 0 Å². The molecule has 6 heteroatoms. The van der Waals surface area contributed by atoms with Gasteiger partial charge in [0, 0.05) is 18.2 Å². The van der Waals surface area contributed by atoms with E-state index in [0.29, 0.717) is 19.8 Å². The maximum Gasteiger partial charge on any atom is 0.254 e. The van der Waals surface area contributed by atoms with Crippen LogP contribution in [0.5, 0.6) is 0 Å². The third-order valence-corrected chi connectivity index (χ3v) is 3.88. The largest absolute Gasteiger partial charge is 0.348 e. The van der Waals surface area contributed by atoms with Gasteiger partial charge in [0.1, 0.15) is 11.6 Å². The average molecular weight is 297 g/mol. The molecule has 114 valence electrons. The standard InChI is InChI=1S/C15H17F2NO3/c16-11-7-10(8-12(17)9-11)14(19)18-4-2-1-3-13(18)15-20-5-6-21-15/h7-9,13,15H,1-6H2. The van der Waals surface area contributed by atoms with Crippen LogP contribution < -0.4 is 0 Å². The molecule has 2 aliphatic heterocycles. The fraction of sp³-hybridized carbons (Fsp3) is 0.533. The molecule has 1 aromatic carbocycles. The molecule has 1 amide bonds. The molecule has 1 unspecified atom stereocenters. The number of carbonyl (C=O) groups is 1. The number of hydrogen-bond donors (Lipinski definition) is 0. The van der Waals surface area contributed by atoms with E-state index in [1.165, 1.54) is 0 Å². The summed E-state index contributed by atoms with van der Waals surface area (Å²) >= 11 is 0. The maximum atomic E-state index is 13.3. The topological polar surface area (TPSA) is 38.8 Å². The SMILES string of the molecule is O=C(c1cc(F)cc(F)c1)N1CCCCC1C1OCCO1. The average Bonchev–Trinajstić information content (AvgIpc) is 2.99. The Morgan fingerprint density at radius 1 is 1.10 bits per heavy atom. The molecule has 3 rings (SSSR count). The maximum absolute atomic E-state index is 13.3. The van der Waals surface area contributed by atoms with Gasteiger partial charge in [0.15, 0.2) is 6.29 Å². The number of hydrogen-bond acceptors (Lipinski definition) is 3. The van der Waals surface area contributed by atoms with Crippen molar-refractivity contribution in [3.05, 3.63) is 35.4 Å². The normalized spacial score (nSPS) is 23.5. The molecule has 0 saturated carbocycles. The van der Waals surface area contributed by atoms with E-state index in [9.17, 15) is 13.6 Å². The van der Waals surface area contributed by atoms with E-state index in [-0.39, 0.29) is 17.5 Å². The Morgan fingerprint density at radius 2 is 1.76 bits per heavy atom. The van der Waals surface area contributed by atoms with Crippen LogP contribution in [0, 0.1) is 11.6 Å². The highest BCUT2D eigenvalue weighted by Crippen LogP contribution is 2.26. The molecule has 0 N–H and O–H groups in total. The lowest BCUT2D eigenvalue weighted by Crippen LogP contribution is -2.50. The fourth-order valence-corrected chi connectivity index (χ4v) is 2.93. The monoisotopic (exact) mass is 297 g/mol. The zero-order valence-corrected chi connectivity index (χ0v) is 11.6. The van der Waals surface area contributed by atoms with Gasteiger partial charge in [-0.25, -0.2) is 8.78 Å². The lowest BCUT2D eigenvalue weighted by molar-refractivity contribution is -0.100. The van der Waals surface area contributed by atoms with Crippen LogP contribution in [0.3, 0.4) is 0 Å². The second-order valence-electron chi connectivity index (χ2n) is 5.33. The number of piperidine rings is 1. The molecule has 0 bridgehead atoms. The molecule has 21 heavy (non-hydrogen) atoms. The van der Waals surface area contributed by atoms with E-state index in [2.05, 4.69) is 0 Å². The van der Waals surface area contributed by atoms with Crippen molar-refractivity contribution in [2.45, 2.75) is 31.6 Å². The number of benzene rings is 1. The van der Waals surface area contributed by atoms with Gasteiger partial charge in [-0.05, 0) is 31.4 Å². The van der Waals surface area contributed by atoms with Gasteiger partial charge < -0.3 is 14.4 Å². The van der Waals surface area contributed by atoms with Crippen LogP contribution >= 0.6 is 0 Å². The van der Waals surface area contributed by atoms with Crippen LogP contribution in [-0.4, -0.2) is 42.9 Å². The van der Waals surface area contributed by atoms with Crippen LogP contribution in [0.1, 0.15) is 29.6 Å². The van der Waals surface area contributed by atoms with Gasteiger partial charge in [-0.3, -0.25) is 4.79 Å². The van der Waals surface area contributed by atoms with Gasteiger partial charge >= 0.3 is 0 Å². The molecule has 2 aliphatic rings. The Bertz CT molecular complexity index is 511. The summed E-state index contributed by atoms with van der Waals surface area (Å²) in [5.41, 5.74) is 0.0254. The fourth-order valence-electron chi connectivity index (χ4n) is 2.93. The predicted octanol–water partition coefficient (Wildman–Crippen LogP) is 2.33. The van der Waals surface area contributed by atoms with Crippen LogP contribution in [0.4, 0.5) is 8.78 Å². The van der Waals surface area contributed by atoms with Crippen LogP contribution in [0.15, 0.2) is 18.2 Å². The lowest BCUT2D eigenvalue weighted by atomic mass is 10.00. The van der Waals surface area contributed by atoms with Crippen LogP contribution in [0.25, 0.3) is 0 Å². The molecule has 2 saturated heterocycles. The van der Waals surface area contributed by atoms with E-state index in [4.69, 9.17) is 9.47 Å². The van der Waals surface area contributed by atoms with Crippen LogP contribution in [0.2, 0.25) is 0 Å². The lowest BCUT2D eigenvalue weighted by Gasteiger charge is -2.38. The van der Waals surface area contributed by atoms with E-state index in [1.54, 1.807) is 4.90 Å². The van der Waals surface area contributed by atoms with Crippen molar-refractivity contribution < 1.29 is 23.0 Å². The number of rotatable bonds is 2. The molecule has 1 aromatic rings. The highest BCUT2D eigenvalue weighted by Gasteiger charge is 2.36. The van der Waals surface area contributed by atoms with Crippen molar-refractivity contribution in [3.8, 4) is 0 Å². The summed E-state index contributed by atoms with van der Waals surface area (Å²) in [4.78, 5) is 14.2. The molecule has 1 atom stereocenters. The molecular formula is C15H17F2NO3. The number of halogens is 2. The van der Waals surface area contributed by atoms with E-state index in [0.717, 1.165) is 37.5 Å². The van der Waals surface area contributed by atoms with Crippen molar-refractivity contribution in [2.75, 3.05) is 19.8 Å². The van der Waals surface area contributed by atoms with Gasteiger partial charge in [-0.1, -0.05) is 0 Å². The number of amides is 1. The summed E-state index contributed by atoms with van der Waals surface area (Å²) < 4.78 is 37.6. The van der Waals surface area contributed by atoms with Crippen molar-refractivity contribution in [1.29, 1.82) is 0 Å². The third-order valence-electron chi connectivity index (χ3n) is 3.88. The molecule has 0 spiro atoms. The number of likely N-dealkylation sites (tertiary alicyclic amines) is 1. The summed E-state index contributed by atoms with van der Waals surface area (Å²) in [5, 5.41) is 0. The summed E-state index contributed by atoms with van der Waals surface area (Å²) in [7, 11) is 0. The Morgan fingerprint density at radius 3 is 2.43 bits per heavy atom. The van der Waals surface area contributed by atoms with Gasteiger partial charge in [0.2, 0.25) is 0 Å². The van der Waals surface area contributed by atoms with Gasteiger partial charge in [0.05, 0.1) is 19.3 Å². The third kappa shape index (κ3) is 3.06. The Hall–Kier alpha value is -1.53. The van der Waals surface area contributed by atoms with E-state index in [1.807, 2.05) is 0 Å². The van der Waals surface area contributed by atoms with Gasteiger partial charge in [-0.15, -0.1) is 0 Å².